The summed E-state index contributed by atoms with van der Waals surface area (Å²) in [6.07, 6.45) is 2.86. The maximum absolute atomic E-state index is 11.3. The van der Waals surface area contributed by atoms with Crippen LogP contribution in [0.5, 0.6) is 17.2 Å². The number of carboxylic acid groups (broad SMARTS) is 1. The summed E-state index contributed by atoms with van der Waals surface area (Å²) in [7, 11) is 4.74. The highest BCUT2D eigenvalue weighted by Crippen LogP contribution is 2.43. The molecule has 0 aliphatic carbocycles. The van der Waals surface area contributed by atoms with Crippen LogP contribution in [-0.2, 0) is 4.79 Å². The molecule has 2 aromatic rings. The van der Waals surface area contributed by atoms with Crippen LogP contribution in [0.1, 0.15) is 30.2 Å². The van der Waals surface area contributed by atoms with Gasteiger partial charge in [-0.2, -0.15) is 0 Å². The number of carboxylic acids is 1. The molecular weight excluding hydrogens is 350 g/mol. The number of carbonyl (C=O) groups is 1. The van der Waals surface area contributed by atoms with Crippen molar-refractivity contribution in [3.8, 4) is 17.2 Å². The standard InChI is InChI=1S/C20H25NO6/c1-24-16-11-14(12-17(25-2)19(16)26-3)18(15-5-4-10-27-15)21-8-6-13(7-9-21)20(22)23/h4-5,10-13,18H,6-9H2,1-3H3,(H,22,23). The predicted octanol–water partition coefficient (Wildman–Crippen LogP) is 3.19. The van der Waals surface area contributed by atoms with E-state index in [2.05, 4.69) is 4.90 Å². The van der Waals surface area contributed by atoms with Gasteiger partial charge in [0, 0.05) is 0 Å². The molecular formula is C20H25NO6. The number of ether oxygens (including phenoxy) is 3. The number of hydrogen-bond donors (Lipinski definition) is 1. The Kier molecular flexibility index (Phi) is 5.91. The predicted molar refractivity (Wildman–Crippen MR) is 98.6 cm³/mol. The van der Waals surface area contributed by atoms with E-state index in [1.807, 2.05) is 24.3 Å². The second-order valence-electron chi connectivity index (χ2n) is 6.53. The monoisotopic (exact) mass is 375 g/mol. The van der Waals surface area contributed by atoms with Gasteiger partial charge in [-0.3, -0.25) is 9.69 Å². The third kappa shape index (κ3) is 3.88. The van der Waals surface area contributed by atoms with Crippen molar-refractivity contribution in [2.75, 3.05) is 34.4 Å². The van der Waals surface area contributed by atoms with E-state index in [0.717, 1.165) is 11.3 Å². The Labute approximate surface area is 158 Å². The van der Waals surface area contributed by atoms with Crippen molar-refractivity contribution < 1.29 is 28.5 Å². The van der Waals surface area contributed by atoms with Gasteiger partial charge in [0.1, 0.15) is 5.76 Å². The second kappa shape index (κ2) is 8.35. The lowest BCUT2D eigenvalue weighted by atomic mass is 9.93. The van der Waals surface area contributed by atoms with Crippen molar-refractivity contribution in [1.29, 1.82) is 0 Å². The first-order chi connectivity index (χ1) is 13.1. The molecule has 1 unspecified atom stereocenters. The first-order valence-corrected chi connectivity index (χ1v) is 8.89. The minimum atomic E-state index is -0.725. The van der Waals surface area contributed by atoms with Crippen molar-refractivity contribution in [3.05, 3.63) is 41.9 Å². The molecule has 1 fully saturated rings. The quantitative estimate of drug-likeness (QED) is 0.796. The molecule has 3 rings (SSSR count). The van der Waals surface area contributed by atoms with Gasteiger partial charge >= 0.3 is 5.97 Å². The van der Waals surface area contributed by atoms with Crippen molar-refractivity contribution in [3.63, 3.8) is 0 Å². The Morgan fingerprint density at radius 1 is 1.15 bits per heavy atom. The van der Waals surface area contributed by atoms with Crippen molar-refractivity contribution >= 4 is 5.97 Å². The van der Waals surface area contributed by atoms with Crippen molar-refractivity contribution in [2.45, 2.75) is 18.9 Å². The van der Waals surface area contributed by atoms with Gasteiger partial charge in [-0.15, -0.1) is 0 Å². The van der Waals surface area contributed by atoms with Crippen LogP contribution >= 0.6 is 0 Å². The summed E-state index contributed by atoms with van der Waals surface area (Å²) in [5.74, 6) is 1.45. The third-order valence-electron chi connectivity index (χ3n) is 5.06. The topological polar surface area (TPSA) is 81.4 Å². The summed E-state index contributed by atoms with van der Waals surface area (Å²) in [6, 6.07) is 7.44. The molecule has 27 heavy (non-hydrogen) atoms. The highest BCUT2D eigenvalue weighted by molar-refractivity contribution is 5.70. The van der Waals surface area contributed by atoms with Crippen molar-refractivity contribution in [1.82, 2.24) is 4.90 Å². The van der Waals surface area contributed by atoms with Crippen LogP contribution in [0, 0.1) is 5.92 Å². The molecule has 2 heterocycles. The SMILES string of the molecule is COc1cc(C(c2ccco2)N2CCC(C(=O)O)CC2)cc(OC)c1OC. The Bertz CT molecular complexity index is 740. The average Bonchev–Trinajstić information content (AvgIpc) is 3.21. The molecule has 1 aliphatic rings. The molecule has 1 aromatic carbocycles. The van der Waals surface area contributed by atoms with Gasteiger partial charge in [-0.05, 0) is 55.8 Å². The summed E-state index contributed by atoms with van der Waals surface area (Å²) in [6.45, 7) is 1.33. The van der Waals surface area contributed by atoms with E-state index >= 15 is 0 Å². The minimum absolute atomic E-state index is 0.163. The van der Waals surface area contributed by atoms with Gasteiger partial charge in [0.05, 0.1) is 39.6 Å². The highest BCUT2D eigenvalue weighted by atomic mass is 16.5. The Morgan fingerprint density at radius 3 is 2.22 bits per heavy atom. The summed E-state index contributed by atoms with van der Waals surface area (Å²) in [4.78, 5) is 13.5. The van der Waals surface area contributed by atoms with E-state index < -0.39 is 5.97 Å². The number of hydrogen-bond acceptors (Lipinski definition) is 6. The molecule has 1 N–H and O–H groups in total. The van der Waals surface area contributed by atoms with E-state index in [-0.39, 0.29) is 12.0 Å². The molecule has 1 aliphatic heterocycles. The fraction of sp³-hybridized carbons (Fsp3) is 0.450. The van der Waals surface area contributed by atoms with E-state index in [0.29, 0.717) is 43.2 Å². The second-order valence-corrected chi connectivity index (χ2v) is 6.53. The maximum atomic E-state index is 11.3. The van der Waals surface area contributed by atoms with Gasteiger partial charge in [0.15, 0.2) is 11.5 Å². The van der Waals surface area contributed by atoms with E-state index in [9.17, 15) is 9.90 Å². The van der Waals surface area contributed by atoms with Crippen LogP contribution in [0.4, 0.5) is 0 Å². The third-order valence-corrected chi connectivity index (χ3v) is 5.06. The van der Waals surface area contributed by atoms with Gasteiger partial charge in [0.2, 0.25) is 5.75 Å². The molecule has 0 radical (unpaired) electrons. The summed E-state index contributed by atoms with van der Waals surface area (Å²) in [5, 5.41) is 9.27. The molecule has 1 aromatic heterocycles. The van der Waals surface area contributed by atoms with Crippen LogP contribution in [-0.4, -0.2) is 50.4 Å². The lowest BCUT2D eigenvalue weighted by Gasteiger charge is -2.36. The zero-order chi connectivity index (χ0) is 19.4. The minimum Gasteiger partial charge on any atom is -0.493 e. The normalized spacial score (nSPS) is 16.7. The van der Waals surface area contributed by atoms with Crippen LogP contribution in [0.3, 0.4) is 0 Å². The van der Waals surface area contributed by atoms with E-state index in [1.165, 1.54) is 0 Å². The average molecular weight is 375 g/mol. The zero-order valence-corrected chi connectivity index (χ0v) is 15.8. The number of rotatable bonds is 7. The molecule has 0 amide bonds. The molecule has 1 atom stereocenters. The smallest absolute Gasteiger partial charge is 0.306 e. The molecule has 0 bridgehead atoms. The number of methoxy groups -OCH3 is 3. The number of likely N-dealkylation sites (tertiary alicyclic amines) is 1. The van der Waals surface area contributed by atoms with Gasteiger partial charge in [-0.1, -0.05) is 0 Å². The van der Waals surface area contributed by atoms with Gasteiger partial charge < -0.3 is 23.7 Å². The largest absolute Gasteiger partial charge is 0.493 e. The fourth-order valence-electron chi connectivity index (χ4n) is 3.67. The number of benzene rings is 1. The number of piperidine rings is 1. The van der Waals surface area contributed by atoms with Crippen LogP contribution in [0.15, 0.2) is 34.9 Å². The maximum Gasteiger partial charge on any atom is 0.306 e. The highest BCUT2D eigenvalue weighted by Gasteiger charge is 2.32. The Hall–Kier alpha value is -2.67. The summed E-state index contributed by atoms with van der Waals surface area (Å²) < 4.78 is 22.1. The van der Waals surface area contributed by atoms with Crippen LogP contribution in [0.2, 0.25) is 0 Å². The van der Waals surface area contributed by atoms with Gasteiger partial charge in [0.25, 0.3) is 0 Å². The van der Waals surface area contributed by atoms with Crippen LogP contribution < -0.4 is 14.2 Å². The molecule has 7 nitrogen and oxygen atoms in total. The fourth-order valence-corrected chi connectivity index (χ4v) is 3.67. The van der Waals surface area contributed by atoms with E-state index in [1.54, 1.807) is 27.6 Å². The van der Waals surface area contributed by atoms with Gasteiger partial charge in [-0.25, -0.2) is 0 Å². The summed E-state index contributed by atoms with van der Waals surface area (Å²) >= 11 is 0. The number of nitrogens with zero attached hydrogens (tertiary/aromatic N) is 1. The lowest BCUT2D eigenvalue weighted by molar-refractivity contribution is -0.143. The molecule has 7 heteroatoms. The number of aliphatic carboxylic acids is 1. The number of furan rings is 1. The molecule has 146 valence electrons. The first-order valence-electron chi connectivity index (χ1n) is 8.89. The Balaban J connectivity index is 1.99. The molecule has 0 spiro atoms. The first kappa shape index (κ1) is 19.1. The zero-order valence-electron chi connectivity index (χ0n) is 15.8. The molecule has 0 saturated carbocycles. The summed E-state index contributed by atoms with van der Waals surface area (Å²) in [5.41, 5.74) is 0.938. The Morgan fingerprint density at radius 2 is 1.78 bits per heavy atom. The molecule has 1 saturated heterocycles. The van der Waals surface area contributed by atoms with Crippen molar-refractivity contribution in [2.24, 2.45) is 5.92 Å². The van der Waals surface area contributed by atoms with E-state index in [4.69, 9.17) is 18.6 Å². The van der Waals surface area contributed by atoms with Crippen LogP contribution in [0.25, 0.3) is 0 Å². The lowest BCUT2D eigenvalue weighted by Crippen LogP contribution is -2.39.